The number of nitro groups is 1. The summed E-state index contributed by atoms with van der Waals surface area (Å²) in [7, 11) is 0. The maximum Gasteiger partial charge on any atom is 0.270 e. The normalized spacial score (nSPS) is 11.6. The maximum absolute atomic E-state index is 10.8. The van der Waals surface area contributed by atoms with Crippen molar-refractivity contribution in [3.63, 3.8) is 0 Å². The van der Waals surface area contributed by atoms with E-state index in [-0.39, 0.29) is 11.6 Å². The Hall–Kier alpha value is -2.28. The van der Waals surface area contributed by atoms with Crippen LogP contribution in [-0.4, -0.2) is 15.1 Å². The molecule has 0 aliphatic rings. The third-order valence-corrected chi connectivity index (χ3v) is 2.66. The minimum atomic E-state index is -0.726. The number of hydrogen-bond acceptors (Lipinski definition) is 6. The van der Waals surface area contributed by atoms with Gasteiger partial charge in [0.15, 0.2) is 5.82 Å². The second-order valence-electron chi connectivity index (χ2n) is 4.90. The first-order valence-corrected chi connectivity index (χ1v) is 5.67. The lowest BCUT2D eigenvalue weighted by Gasteiger charge is -2.11. The molecule has 19 heavy (non-hydrogen) atoms. The van der Waals surface area contributed by atoms with Gasteiger partial charge in [0.1, 0.15) is 0 Å². The predicted octanol–water partition coefficient (Wildman–Crippen LogP) is 2.15. The number of nitro benzene ring substituents is 1. The van der Waals surface area contributed by atoms with Crippen LogP contribution in [-0.2, 0) is 5.54 Å². The van der Waals surface area contributed by atoms with Gasteiger partial charge in [-0.05, 0) is 26.3 Å². The van der Waals surface area contributed by atoms with Crippen LogP contribution in [0, 0.1) is 17.0 Å². The molecule has 0 aliphatic heterocycles. The molecule has 7 heteroatoms. The van der Waals surface area contributed by atoms with E-state index in [0.717, 1.165) is 5.56 Å². The molecule has 0 fully saturated rings. The molecule has 0 radical (unpaired) electrons. The van der Waals surface area contributed by atoms with E-state index in [2.05, 4.69) is 10.1 Å². The van der Waals surface area contributed by atoms with Gasteiger partial charge in [0.25, 0.3) is 11.6 Å². The molecule has 1 heterocycles. The molecule has 1 aromatic carbocycles. The van der Waals surface area contributed by atoms with E-state index in [1.165, 1.54) is 12.1 Å². The van der Waals surface area contributed by atoms with Gasteiger partial charge in [-0.1, -0.05) is 11.2 Å². The number of aryl methyl sites for hydroxylation is 1. The first-order chi connectivity index (χ1) is 8.79. The molecule has 2 aromatic rings. The topological polar surface area (TPSA) is 108 Å². The zero-order valence-corrected chi connectivity index (χ0v) is 10.9. The van der Waals surface area contributed by atoms with Gasteiger partial charge in [0, 0.05) is 17.7 Å². The molecule has 0 bridgehead atoms. The highest BCUT2D eigenvalue weighted by atomic mass is 16.6. The van der Waals surface area contributed by atoms with Crippen molar-refractivity contribution >= 4 is 5.69 Å². The van der Waals surface area contributed by atoms with Crippen LogP contribution in [0.25, 0.3) is 11.5 Å². The molecule has 0 saturated carbocycles. The van der Waals surface area contributed by atoms with Crippen molar-refractivity contribution in [3.8, 4) is 11.5 Å². The van der Waals surface area contributed by atoms with Crippen molar-refractivity contribution in [2.75, 3.05) is 0 Å². The van der Waals surface area contributed by atoms with Crippen LogP contribution >= 0.6 is 0 Å². The lowest BCUT2D eigenvalue weighted by Crippen LogP contribution is -2.30. The van der Waals surface area contributed by atoms with Crippen molar-refractivity contribution in [2.45, 2.75) is 26.3 Å². The third kappa shape index (κ3) is 2.60. The predicted molar refractivity (Wildman–Crippen MR) is 68.3 cm³/mol. The van der Waals surface area contributed by atoms with Gasteiger partial charge < -0.3 is 10.3 Å². The first kappa shape index (κ1) is 13.2. The molecular weight excluding hydrogens is 248 g/mol. The van der Waals surface area contributed by atoms with E-state index in [0.29, 0.717) is 11.4 Å². The Kier molecular flexibility index (Phi) is 3.07. The summed E-state index contributed by atoms with van der Waals surface area (Å²) in [5, 5.41) is 14.6. The number of aromatic nitrogens is 2. The summed E-state index contributed by atoms with van der Waals surface area (Å²) in [5.41, 5.74) is 6.48. The van der Waals surface area contributed by atoms with Gasteiger partial charge in [-0.3, -0.25) is 10.1 Å². The average molecular weight is 262 g/mol. The van der Waals surface area contributed by atoms with Gasteiger partial charge in [-0.2, -0.15) is 4.98 Å². The monoisotopic (exact) mass is 262 g/mol. The number of rotatable bonds is 3. The highest BCUT2D eigenvalue weighted by molar-refractivity contribution is 5.62. The zero-order valence-electron chi connectivity index (χ0n) is 10.9. The van der Waals surface area contributed by atoms with Crippen LogP contribution < -0.4 is 5.73 Å². The summed E-state index contributed by atoms with van der Waals surface area (Å²) in [5.74, 6) is 0.586. The highest BCUT2D eigenvalue weighted by Crippen LogP contribution is 2.27. The van der Waals surface area contributed by atoms with E-state index < -0.39 is 10.5 Å². The molecule has 0 unspecified atom stereocenters. The minimum Gasteiger partial charge on any atom is -0.334 e. The Morgan fingerprint density at radius 2 is 2.11 bits per heavy atom. The quantitative estimate of drug-likeness (QED) is 0.670. The largest absolute Gasteiger partial charge is 0.334 e. The second kappa shape index (κ2) is 4.43. The van der Waals surface area contributed by atoms with Crippen LogP contribution in [0.3, 0.4) is 0 Å². The molecule has 0 saturated heterocycles. The molecule has 7 nitrogen and oxygen atoms in total. The van der Waals surface area contributed by atoms with Crippen molar-refractivity contribution in [3.05, 3.63) is 39.7 Å². The van der Waals surface area contributed by atoms with Gasteiger partial charge in [0.05, 0.1) is 10.5 Å². The van der Waals surface area contributed by atoms with Crippen molar-refractivity contribution < 1.29 is 9.45 Å². The molecule has 1 aromatic heterocycles. The van der Waals surface area contributed by atoms with Crippen molar-refractivity contribution in [1.82, 2.24) is 10.1 Å². The van der Waals surface area contributed by atoms with Crippen LogP contribution in [0.15, 0.2) is 22.7 Å². The summed E-state index contributed by atoms with van der Waals surface area (Å²) < 4.78 is 5.13. The Labute approximate surface area is 109 Å². The minimum absolute atomic E-state index is 0.0210. The fraction of sp³-hybridized carbons (Fsp3) is 0.333. The molecule has 0 spiro atoms. The van der Waals surface area contributed by atoms with Gasteiger partial charge in [-0.25, -0.2) is 0 Å². The Morgan fingerprint density at radius 3 is 2.63 bits per heavy atom. The zero-order chi connectivity index (χ0) is 14.2. The number of hydrogen-bond donors (Lipinski definition) is 1. The molecule has 2 N–H and O–H groups in total. The van der Waals surface area contributed by atoms with E-state index in [1.54, 1.807) is 19.9 Å². The summed E-state index contributed by atoms with van der Waals surface area (Å²) in [6.45, 7) is 5.32. The molecule has 100 valence electrons. The lowest BCUT2D eigenvalue weighted by molar-refractivity contribution is -0.384. The highest BCUT2D eigenvalue weighted by Gasteiger charge is 2.23. The van der Waals surface area contributed by atoms with E-state index in [4.69, 9.17) is 10.3 Å². The first-order valence-electron chi connectivity index (χ1n) is 5.67. The molecule has 2 rings (SSSR count). The number of benzene rings is 1. The SMILES string of the molecule is Cc1ccc([N+](=O)[O-])cc1-c1nc(C(C)(C)N)no1. The fourth-order valence-corrected chi connectivity index (χ4v) is 1.55. The number of nitrogens with zero attached hydrogens (tertiary/aromatic N) is 3. The standard InChI is InChI=1S/C12H14N4O3/c1-7-4-5-8(16(17)18)6-9(7)10-14-11(15-19-10)12(2,3)13/h4-6H,13H2,1-3H3. The Bertz CT molecular complexity index is 628. The maximum atomic E-state index is 10.8. The lowest BCUT2D eigenvalue weighted by atomic mass is 10.1. The van der Waals surface area contributed by atoms with E-state index in [1.807, 2.05) is 6.92 Å². The number of non-ortho nitro benzene ring substituents is 1. The molecule has 0 aliphatic carbocycles. The summed E-state index contributed by atoms with van der Waals surface area (Å²) >= 11 is 0. The molecule has 0 atom stereocenters. The molecule has 0 amide bonds. The molecular formula is C12H14N4O3. The number of nitrogens with two attached hydrogens (primary N) is 1. The van der Waals surface area contributed by atoms with Gasteiger partial charge >= 0.3 is 0 Å². The summed E-state index contributed by atoms with van der Waals surface area (Å²) in [6, 6.07) is 4.49. The second-order valence-corrected chi connectivity index (χ2v) is 4.90. The summed E-state index contributed by atoms with van der Waals surface area (Å²) in [4.78, 5) is 14.5. The van der Waals surface area contributed by atoms with E-state index >= 15 is 0 Å². The Balaban J connectivity index is 2.49. The summed E-state index contributed by atoms with van der Waals surface area (Å²) in [6.07, 6.45) is 0. The van der Waals surface area contributed by atoms with E-state index in [9.17, 15) is 10.1 Å². The van der Waals surface area contributed by atoms with Crippen LogP contribution in [0.4, 0.5) is 5.69 Å². The van der Waals surface area contributed by atoms with Gasteiger partial charge in [0.2, 0.25) is 0 Å². The average Bonchev–Trinajstić information content (AvgIpc) is 2.78. The fourth-order valence-electron chi connectivity index (χ4n) is 1.55. The third-order valence-electron chi connectivity index (χ3n) is 2.66. The van der Waals surface area contributed by atoms with Gasteiger partial charge in [-0.15, -0.1) is 0 Å². The van der Waals surface area contributed by atoms with Crippen LogP contribution in [0.2, 0.25) is 0 Å². The smallest absolute Gasteiger partial charge is 0.270 e. The van der Waals surface area contributed by atoms with Crippen molar-refractivity contribution in [2.24, 2.45) is 5.73 Å². The van der Waals surface area contributed by atoms with Crippen LogP contribution in [0.5, 0.6) is 0 Å². The van der Waals surface area contributed by atoms with Crippen molar-refractivity contribution in [1.29, 1.82) is 0 Å². The Morgan fingerprint density at radius 1 is 1.42 bits per heavy atom. The van der Waals surface area contributed by atoms with Crippen LogP contribution in [0.1, 0.15) is 25.2 Å².